The average molecular weight is 360 g/mol. The van der Waals surface area contributed by atoms with E-state index in [1.165, 1.54) is 0 Å². The molecule has 3 rings (SSSR count). The highest BCUT2D eigenvalue weighted by Gasteiger charge is 2.24. The SMILES string of the molecule is CC(=O)N1CCc2c(nc(N(C)C)nc2NCc2ccccc2Cl)C1. The van der Waals surface area contributed by atoms with E-state index in [2.05, 4.69) is 15.3 Å². The fourth-order valence-electron chi connectivity index (χ4n) is 2.85. The summed E-state index contributed by atoms with van der Waals surface area (Å²) < 4.78 is 0. The molecule has 0 spiro atoms. The number of benzene rings is 1. The number of hydrogen-bond donors (Lipinski definition) is 1. The average Bonchev–Trinajstić information content (AvgIpc) is 2.59. The minimum Gasteiger partial charge on any atom is -0.366 e. The molecule has 1 aromatic heterocycles. The van der Waals surface area contributed by atoms with E-state index in [-0.39, 0.29) is 5.91 Å². The van der Waals surface area contributed by atoms with Gasteiger partial charge in [-0.25, -0.2) is 4.98 Å². The van der Waals surface area contributed by atoms with E-state index in [0.29, 0.717) is 25.6 Å². The first-order valence-corrected chi connectivity index (χ1v) is 8.63. The summed E-state index contributed by atoms with van der Waals surface area (Å²) in [4.78, 5) is 24.7. The van der Waals surface area contributed by atoms with Crippen molar-refractivity contribution in [3.05, 3.63) is 46.1 Å². The fraction of sp³-hybridized carbons (Fsp3) is 0.389. The van der Waals surface area contributed by atoms with Crippen LogP contribution in [0.15, 0.2) is 24.3 Å². The first kappa shape index (κ1) is 17.5. The van der Waals surface area contributed by atoms with Gasteiger partial charge in [-0.15, -0.1) is 0 Å². The predicted octanol–water partition coefficient (Wildman–Crippen LogP) is 2.71. The van der Waals surface area contributed by atoms with Gasteiger partial charge in [0.15, 0.2) is 0 Å². The number of nitrogens with zero attached hydrogens (tertiary/aromatic N) is 4. The van der Waals surface area contributed by atoms with Gasteiger partial charge in [0.2, 0.25) is 11.9 Å². The number of fused-ring (bicyclic) bond motifs is 1. The first-order chi connectivity index (χ1) is 12.0. The van der Waals surface area contributed by atoms with Crippen molar-refractivity contribution in [3.63, 3.8) is 0 Å². The van der Waals surface area contributed by atoms with Gasteiger partial charge < -0.3 is 15.1 Å². The van der Waals surface area contributed by atoms with Crippen LogP contribution in [0.3, 0.4) is 0 Å². The Labute approximate surface area is 152 Å². The molecule has 132 valence electrons. The van der Waals surface area contributed by atoms with Gasteiger partial charge >= 0.3 is 0 Å². The molecule has 0 saturated heterocycles. The first-order valence-electron chi connectivity index (χ1n) is 8.25. The van der Waals surface area contributed by atoms with Crippen LogP contribution in [0.25, 0.3) is 0 Å². The minimum absolute atomic E-state index is 0.0706. The second-order valence-electron chi connectivity index (χ2n) is 6.33. The summed E-state index contributed by atoms with van der Waals surface area (Å²) in [6.45, 7) is 3.39. The van der Waals surface area contributed by atoms with Crippen LogP contribution in [0.4, 0.5) is 11.8 Å². The van der Waals surface area contributed by atoms with Gasteiger partial charge in [0.25, 0.3) is 0 Å². The van der Waals surface area contributed by atoms with Crippen LogP contribution in [0.5, 0.6) is 0 Å². The molecule has 0 bridgehead atoms. The standard InChI is InChI=1S/C18H22ClN5O/c1-12(25)24-9-8-14-16(11-24)21-18(23(2)3)22-17(14)20-10-13-6-4-5-7-15(13)19/h4-7H,8-11H2,1-3H3,(H,20,21,22). The van der Waals surface area contributed by atoms with Crippen LogP contribution in [0.2, 0.25) is 5.02 Å². The Hall–Kier alpha value is -2.34. The predicted molar refractivity (Wildman–Crippen MR) is 99.9 cm³/mol. The molecular weight excluding hydrogens is 338 g/mol. The maximum Gasteiger partial charge on any atom is 0.227 e. The Morgan fingerprint density at radius 1 is 1.32 bits per heavy atom. The highest BCUT2D eigenvalue weighted by Crippen LogP contribution is 2.27. The lowest BCUT2D eigenvalue weighted by atomic mass is 10.1. The zero-order valence-corrected chi connectivity index (χ0v) is 15.5. The molecule has 0 radical (unpaired) electrons. The van der Waals surface area contributed by atoms with Crippen molar-refractivity contribution in [3.8, 4) is 0 Å². The zero-order valence-electron chi connectivity index (χ0n) is 14.7. The molecule has 0 fully saturated rings. The summed E-state index contributed by atoms with van der Waals surface area (Å²) in [6, 6.07) is 7.75. The quantitative estimate of drug-likeness (QED) is 0.909. The smallest absolute Gasteiger partial charge is 0.227 e. The fourth-order valence-corrected chi connectivity index (χ4v) is 3.06. The van der Waals surface area contributed by atoms with Crippen molar-refractivity contribution in [2.45, 2.75) is 26.4 Å². The Kier molecular flexibility index (Phi) is 5.08. The van der Waals surface area contributed by atoms with Gasteiger partial charge in [0.05, 0.1) is 12.2 Å². The van der Waals surface area contributed by atoms with Gasteiger partial charge in [-0.3, -0.25) is 4.79 Å². The zero-order chi connectivity index (χ0) is 18.0. The third-order valence-electron chi connectivity index (χ3n) is 4.30. The van der Waals surface area contributed by atoms with Gasteiger partial charge in [0, 0.05) is 44.7 Å². The van der Waals surface area contributed by atoms with E-state index >= 15 is 0 Å². The molecule has 1 aromatic carbocycles. The van der Waals surface area contributed by atoms with Crippen LogP contribution in [-0.4, -0.2) is 41.4 Å². The van der Waals surface area contributed by atoms with Crippen molar-refractivity contribution >= 4 is 29.3 Å². The molecule has 0 atom stereocenters. The monoisotopic (exact) mass is 359 g/mol. The molecule has 25 heavy (non-hydrogen) atoms. The summed E-state index contributed by atoms with van der Waals surface area (Å²) in [5, 5.41) is 4.13. The number of nitrogens with one attached hydrogen (secondary N) is 1. The van der Waals surface area contributed by atoms with Crippen LogP contribution in [0, 0.1) is 0 Å². The Morgan fingerprint density at radius 2 is 2.08 bits per heavy atom. The summed E-state index contributed by atoms with van der Waals surface area (Å²) in [6.07, 6.45) is 0.744. The molecule has 0 unspecified atom stereocenters. The van der Waals surface area contributed by atoms with Crippen LogP contribution >= 0.6 is 11.6 Å². The van der Waals surface area contributed by atoms with E-state index < -0.39 is 0 Å². The maximum atomic E-state index is 11.7. The summed E-state index contributed by atoms with van der Waals surface area (Å²) in [5.41, 5.74) is 3.00. The lowest BCUT2D eigenvalue weighted by Gasteiger charge is -2.29. The van der Waals surface area contributed by atoms with Crippen molar-refractivity contribution in [2.24, 2.45) is 0 Å². The molecule has 0 saturated carbocycles. The van der Waals surface area contributed by atoms with E-state index in [1.807, 2.05) is 48.2 Å². The lowest BCUT2D eigenvalue weighted by Crippen LogP contribution is -2.35. The number of carbonyl (C=O) groups is 1. The molecule has 0 aliphatic carbocycles. The largest absolute Gasteiger partial charge is 0.366 e. The lowest BCUT2D eigenvalue weighted by molar-refractivity contribution is -0.129. The Bertz CT molecular complexity index is 793. The maximum absolute atomic E-state index is 11.7. The topological polar surface area (TPSA) is 61.4 Å². The van der Waals surface area contributed by atoms with Crippen LogP contribution < -0.4 is 10.2 Å². The van der Waals surface area contributed by atoms with Gasteiger partial charge in [-0.2, -0.15) is 4.98 Å². The minimum atomic E-state index is 0.0706. The van der Waals surface area contributed by atoms with E-state index in [4.69, 9.17) is 11.6 Å². The molecule has 2 aromatic rings. The van der Waals surface area contributed by atoms with E-state index in [9.17, 15) is 4.79 Å². The summed E-state index contributed by atoms with van der Waals surface area (Å²) in [7, 11) is 3.82. The number of anilines is 2. The number of carbonyl (C=O) groups excluding carboxylic acids is 1. The summed E-state index contributed by atoms with van der Waals surface area (Å²) in [5.74, 6) is 1.52. The Morgan fingerprint density at radius 3 is 2.76 bits per heavy atom. The number of aromatic nitrogens is 2. The Balaban J connectivity index is 1.90. The third-order valence-corrected chi connectivity index (χ3v) is 4.67. The molecule has 7 heteroatoms. The van der Waals surface area contributed by atoms with Crippen molar-refractivity contribution in [1.82, 2.24) is 14.9 Å². The normalized spacial score (nSPS) is 13.4. The molecule has 1 amide bonds. The van der Waals surface area contributed by atoms with E-state index in [1.54, 1.807) is 6.92 Å². The molecule has 1 N–H and O–H groups in total. The van der Waals surface area contributed by atoms with Gasteiger partial charge in [-0.1, -0.05) is 29.8 Å². The molecule has 2 heterocycles. The molecular formula is C18H22ClN5O. The highest BCUT2D eigenvalue weighted by molar-refractivity contribution is 6.31. The third kappa shape index (κ3) is 3.85. The molecule has 1 aliphatic rings. The number of rotatable bonds is 4. The van der Waals surface area contributed by atoms with E-state index in [0.717, 1.165) is 34.1 Å². The molecule has 6 nitrogen and oxygen atoms in total. The molecule has 1 aliphatic heterocycles. The van der Waals surface area contributed by atoms with Crippen LogP contribution in [-0.2, 0) is 24.3 Å². The number of hydrogen-bond acceptors (Lipinski definition) is 5. The van der Waals surface area contributed by atoms with Crippen LogP contribution in [0.1, 0.15) is 23.7 Å². The van der Waals surface area contributed by atoms with Crippen molar-refractivity contribution in [2.75, 3.05) is 30.9 Å². The highest BCUT2D eigenvalue weighted by atomic mass is 35.5. The van der Waals surface area contributed by atoms with Crippen molar-refractivity contribution in [1.29, 1.82) is 0 Å². The van der Waals surface area contributed by atoms with Gasteiger partial charge in [-0.05, 0) is 18.1 Å². The number of amides is 1. The summed E-state index contributed by atoms with van der Waals surface area (Å²) >= 11 is 6.24. The van der Waals surface area contributed by atoms with Crippen molar-refractivity contribution < 1.29 is 4.79 Å². The van der Waals surface area contributed by atoms with Gasteiger partial charge in [0.1, 0.15) is 5.82 Å². The second-order valence-corrected chi connectivity index (χ2v) is 6.73. The number of halogens is 1. The second kappa shape index (κ2) is 7.27.